The number of methoxy groups -OCH3 is 1. The van der Waals surface area contributed by atoms with Crippen LogP contribution in [0.1, 0.15) is 0 Å². The third-order valence-electron chi connectivity index (χ3n) is 2.65. The van der Waals surface area contributed by atoms with E-state index in [4.69, 9.17) is 62.7 Å². The van der Waals surface area contributed by atoms with Gasteiger partial charge in [0, 0.05) is 5.56 Å². The lowest BCUT2D eigenvalue weighted by atomic mass is 10.0. The average Bonchev–Trinajstić information content (AvgIpc) is 2.45. The standard InChI is InChI=1S/C13H6Cl5FO/c1-20-7-4-5(2-3-6(7)19)8-9(14)11(16)13(18)12(17)10(8)15/h2-4H,1H3. The first-order valence-corrected chi connectivity index (χ1v) is 7.12. The van der Waals surface area contributed by atoms with Gasteiger partial charge in [-0.15, -0.1) is 0 Å². The van der Waals surface area contributed by atoms with E-state index in [0.717, 1.165) is 0 Å². The van der Waals surface area contributed by atoms with Crippen molar-refractivity contribution in [3.63, 3.8) is 0 Å². The molecule has 0 spiro atoms. The third-order valence-corrected chi connectivity index (χ3v) is 4.93. The zero-order chi connectivity index (χ0) is 15.0. The van der Waals surface area contributed by atoms with Gasteiger partial charge in [-0.1, -0.05) is 64.1 Å². The van der Waals surface area contributed by atoms with Crippen molar-refractivity contribution < 1.29 is 9.13 Å². The Hall–Kier alpha value is -0.380. The fourth-order valence-electron chi connectivity index (χ4n) is 1.67. The van der Waals surface area contributed by atoms with E-state index < -0.39 is 5.82 Å². The third kappa shape index (κ3) is 2.68. The van der Waals surface area contributed by atoms with E-state index in [1.165, 1.54) is 25.3 Å². The van der Waals surface area contributed by atoms with Gasteiger partial charge in [0.15, 0.2) is 11.6 Å². The van der Waals surface area contributed by atoms with Gasteiger partial charge in [0.05, 0.1) is 32.2 Å². The molecule has 0 aliphatic rings. The van der Waals surface area contributed by atoms with Crippen LogP contribution in [0, 0.1) is 5.82 Å². The molecule has 0 atom stereocenters. The minimum atomic E-state index is -0.505. The van der Waals surface area contributed by atoms with Crippen molar-refractivity contribution in [2.45, 2.75) is 0 Å². The number of benzene rings is 2. The molecule has 20 heavy (non-hydrogen) atoms. The lowest BCUT2D eigenvalue weighted by molar-refractivity contribution is 0.387. The molecule has 0 radical (unpaired) electrons. The normalized spacial score (nSPS) is 10.8. The maximum absolute atomic E-state index is 13.4. The molecule has 0 aliphatic carbocycles. The van der Waals surface area contributed by atoms with Gasteiger partial charge >= 0.3 is 0 Å². The number of halogens is 6. The van der Waals surface area contributed by atoms with Crippen LogP contribution in [0.3, 0.4) is 0 Å². The maximum atomic E-state index is 13.4. The number of rotatable bonds is 2. The molecule has 0 unspecified atom stereocenters. The quantitative estimate of drug-likeness (QED) is 0.416. The van der Waals surface area contributed by atoms with Crippen molar-refractivity contribution in [2.24, 2.45) is 0 Å². The van der Waals surface area contributed by atoms with E-state index in [9.17, 15) is 4.39 Å². The second kappa shape index (κ2) is 6.17. The highest BCUT2D eigenvalue weighted by atomic mass is 35.5. The van der Waals surface area contributed by atoms with Crippen LogP contribution in [-0.4, -0.2) is 7.11 Å². The molecule has 106 valence electrons. The van der Waals surface area contributed by atoms with E-state index in [1.54, 1.807) is 0 Å². The molecule has 0 amide bonds. The van der Waals surface area contributed by atoms with Gasteiger partial charge in [-0.2, -0.15) is 0 Å². The SMILES string of the molecule is COc1cc(-c2c(Cl)c(Cl)c(Cl)c(Cl)c2Cl)ccc1F. The van der Waals surface area contributed by atoms with Gasteiger partial charge in [0.1, 0.15) is 0 Å². The van der Waals surface area contributed by atoms with Crippen molar-refractivity contribution in [3.05, 3.63) is 49.1 Å². The van der Waals surface area contributed by atoms with Gasteiger partial charge in [-0.05, 0) is 17.7 Å². The van der Waals surface area contributed by atoms with Crippen LogP contribution in [0.2, 0.25) is 25.1 Å². The van der Waals surface area contributed by atoms with E-state index >= 15 is 0 Å². The summed E-state index contributed by atoms with van der Waals surface area (Å²) in [6, 6.07) is 4.17. The van der Waals surface area contributed by atoms with Crippen LogP contribution in [0.4, 0.5) is 4.39 Å². The second-order valence-corrected chi connectivity index (χ2v) is 5.68. The van der Waals surface area contributed by atoms with Crippen LogP contribution in [0.25, 0.3) is 11.1 Å². The molecule has 2 rings (SSSR count). The molecule has 0 saturated heterocycles. The number of hydrogen-bond acceptors (Lipinski definition) is 1. The summed E-state index contributed by atoms with van der Waals surface area (Å²) in [7, 11) is 1.35. The van der Waals surface area contributed by atoms with Gasteiger partial charge in [0.2, 0.25) is 0 Å². The van der Waals surface area contributed by atoms with Crippen LogP contribution >= 0.6 is 58.0 Å². The van der Waals surface area contributed by atoms with E-state index in [1.807, 2.05) is 0 Å². The largest absolute Gasteiger partial charge is 0.494 e. The molecule has 2 aromatic carbocycles. The summed E-state index contributed by atoms with van der Waals surface area (Å²) in [6.07, 6.45) is 0. The Balaban J connectivity index is 2.76. The summed E-state index contributed by atoms with van der Waals surface area (Å²) in [5, 5.41) is 0.516. The lowest BCUT2D eigenvalue weighted by Crippen LogP contribution is -1.91. The van der Waals surface area contributed by atoms with E-state index in [-0.39, 0.29) is 30.9 Å². The second-order valence-electron chi connectivity index (χ2n) is 3.79. The summed E-state index contributed by atoms with van der Waals surface area (Å²) >= 11 is 30.2. The molecule has 0 fully saturated rings. The van der Waals surface area contributed by atoms with Gasteiger partial charge in [0.25, 0.3) is 0 Å². The zero-order valence-corrected chi connectivity index (χ0v) is 13.7. The highest BCUT2D eigenvalue weighted by molar-refractivity contribution is 6.56. The number of hydrogen-bond donors (Lipinski definition) is 0. The van der Waals surface area contributed by atoms with Crippen molar-refractivity contribution in [3.8, 4) is 16.9 Å². The monoisotopic (exact) mass is 372 g/mol. The van der Waals surface area contributed by atoms with Crippen LogP contribution in [-0.2, 0) is 0 Å². The molecular formula is C13H6Cl5FO. The Morgan fingerprint density at radius 3 is 1.85 bits per heavy atom. The fourth-order valence-corrected chi connectivity index (χ4v) is 3.03. The first-order valence-electron chi connectivity index (χ1n) is 5.23. The van der Waals surface area contributed by atoms with Gasteiger partial charge < -0.3 is 4.74 Å². The molecule has 7 heteroatoms. The minimum Gasteiger partial charge on any atom is -0.494 e. The lowest BCUT2D eigenvalue weighted by Gasteiger charge is -2.13. The van der Waals surface area contributed by atoms with Crippen molar-refractivity contribution in [1.29, 1.82) is 0 Å². The van der Waals surface area contributed by atoms with E-state index in [0.29, 0.717) is 11.1 Å². The number of ether oxygens (including phenoxy) is 1. The summed E-state index contributed by atoms with van der Waals surface area (Å²) in [6.45, 7) is 0. The van der Waals surface area contributed by atoms with Crippen LogP contribution < -0.4 is 4.74 Å². The molecule has 0 saturated carbocycles. The maximum Gasteiger partial charge on any atom is 0.165 e. The Morgan fingerprint density at radius 2 is 1.35 bits per heavy atom. The zero-order valence-electron chi connectivity index (χ0n) is 9.91. The summed E-state index contributed by atoms with van der Waals surface area (Å²) in [5.41, 5.74) is 0.879. The predicted octanol–water partition coefficient (Wildman–Crippen LogP) is 6.77. The fraction of sp³-hybridized carbons (Fsp3) is 0.0769. The summed E-state index contributed by atoms with van der Waals surface area (Å²) < 4.78 is 18.4. The van der Waals surface area contributed by atoms with Gasteiger partial charge in [-0.25, -0.2) is 4.39 Å². The first kappa shape index (κ1) is 16.0. The van der Waals surface area contributed by atoms with Crippen molar-refractivity contribution >= 4 is 58.0 Å². The summed E-state index contributed by atoms with van der Waals surface area (Å²) in [5.74, 6) is -0.452. The van der Waals surface area contributed by atoms with E-state index in [2.05, 4.69) is 0 Å². The molecule has 1 nitrogen and oxygen atoms in total. The predicted molar refractivity (Wildman–Crippen MR) is 83.4 cm³/mol. The smallest absolute Gasteiger partial charge is 0.165 e. The summed E-state index contributed by atoms with van der Waals surface area (Å²) in [4.78, 5) is 0. The minimum absolute atomic E-state index is 0.0526. The molecule has 0 bridgehead atoms. The van der Waals surface area contributed by atoms with Crippen molar-refractivity contribution in [2.75, 3.05) is 7.11 Å². The van der Waals surface area contributed by atoms with Crippen molar-refractivity contribution in [1.82, 2.24) is 0 Å². The highest BCUT2D eigenvalue weighted by Crippen LogP contribution is 2.48. The highest BCUT2D eigenvalue weighted by Gasteiger charge is 2.21. The topological polar surface area (TPSA) is 9.23 Å². The Bertz CT molecular complexity index is 658. The first-order chi connectivity index (χ1) is 9.38. The Kier molecular flexibility index (Phi) is 4.93. The molecule has 0 aromatic heterocycles. The van der Waals surface area contributed by atoms with Crippen LogP contribution in [0.5, 0.6) is 5.75 Å². The average molecular weight is 374 g/mol. The Labute approximate surface area is 140 Å². The van der Waals surface area contributed by atoms with Crippen LogP contribution in [0.15, 0.2) is 18.2 Å². The molecule has 0 aliphatic heterocycles. The molecule has 0 heterocycles. The molecule has 2 aromatic rings. The molecule has 0 N–H and O–H groups in total. The van der Waals surface area contributed by atoms with Gasteiger partial charge in [-0.3, -0.25) is 0 Å². The molecular weight excluding hydrogens is 368 g/mol. The Morgan fingerprint density at radius 1 is 0.850 bits per heavy atom.